The Morgan fingerprint density at radius 1 is 0.333 bits per heavy atom. The van der Waals surface area contributed by atoms with Gasteiger partial charge < -0.3 is 0 Å². The van der Waals surface area contributed by atoms with Crippen LogP contribution >= 0.6 is 8.29 Å². The van der Waals surface area contributed by atoms with E-state index in [-0.39, 0.29) is 0 Å². The Balaban J connectivity index is 1.42. The fourth-order valence-electron chi connectivity index (χ4n) is 6.24. The highest BCUT2D eigenvalue weighted by molar-refractivity contribution is 8.62. The molecule has 0 bridgehead atoms. The highest BCUT2D eigenvalue weighted by atomic mass is 32.4. The molecule has 0 atom stereocenters. The van der Waals surface area contributed by atoms with Crippen molar-refractivity contribution in [2.75, 3.05) is 31.3 Å². The van der Waals surface area contributed by atoms with E-state index in [4.69, 9.17) is 0 Å². The molecule has 7 aromatic carbocycles. The summed E-state index contributed by atoms with van der Waals surface area (Å²) >= 11 is 0. The quantitative estimate of drug-likeness (QED) is 0.187. The van der Waals surface area contributed by atoms with Gasteiger partial charge in [0, 0.05) is 0 Å². The Bertz CT molecular complexity index is 2090. The molecule has 0 N–H and O–H groups in total. The van der Waals surface area contributed by atoms with Gasteiger partial charge in [0.25, 0.3) is 0 Å². The zero-order valence-electron chi connectivity index (χ0n) is 25.2. The van der Waals surface area contributed by atoms with E-state index in [0.717, 1.165) is 0 Å². The molecule has 42 heavy (non-hydrogen) atoms. The molecular formula is C41H38S. The molecule has 0 saturated heterocycles. The summed E-state index contributed by atoms with van der Waals surface area (Å²) in [5.41, 5.74) is 7.63. The molecule has 0 aromatic heterocycles. The zero-order valence-corrected chi connectivity index (χ0v) is 26.0. The molecule has 7 rings (SSSR count). The molecule has 0 amide bonds. The van der Waals surface area contributed by atoms with Crippen LogP contribution in [0.4, 0.5) is 0 Å². The number of benzene rings is 7. The van der Waals surface area contributed by atoms with Gasteiger partial charge in [-0.3, -0.25) is 8.29 Å². The molecule has 0 aliphatic heterocycles. The molecule has 0 saturated carbocycles. The van der Waals surface area contributed by atoms with Gasteiger partial charge in [-0.1, -0.05) is 127 Å². The lowest BCUT2D eigenvalue weighted by Crippen LogP contribution is -2.29. The fourth-order valence-corrected chi connectivity index (χ4v) is 7.71. The van der Waals surface area contributed by atoms with Gasteiger partial charge >= 0.3 is 0 Å². The number of fused-ring (bicyclic) bond motifs is 3. The highest BCUT2D eigenvalue weighted by Crippen LogP contribution is 2.81. The smallest absolute Gasteiger partial charge is 0.00262 e. The van der Waals surface area contributed by atoms with Crippen LogP contribution in [-0.4, -0.2) is 31.3 Å². The van der Waals surface area contributed by atoms with Gasteiger partial charge in [-0.25, -0.2) is 0 Å². The van der Waals surface area contributed by atoms with Crippen molar-refractivity contribution in [3.63, 3.8) is 0 Å². The average Bonchev–Trinajstić information content (AvgIpc) is 2.98. The average molecular weight is 563 g/mol. The maximum atomic E-state index is 2.43. The predicted octanol–water partition coefficient (Wildman–Crippen LogP) is 11.5. The van der Waals surface area contributed by atoms with Crippen molar-refractivity contribution in [3.05, 3.63) is 140 Å². The van der Waals surface area contributed by atoms with Crippen molar-refractivity contribution in [1.29, 1.82) is 0 Å². The van der Waals surface area contributed by atoms with Crippen LogP contribution in [0, 0.1) is 0 Å². The third kappa shape index (κ3) is 4.68. The van der Waals surface area contributed by atoms with Crippen molar-refractivity contribution in [2.24, 2.45) is 0 Å². The maximum Gasteiger partial charge on any atom is -0.00262 e. The second-order valence-electron chi connectivity index (χ2n) is 14.6. The molecule has 208 valence electrons. The Morgan fingerprint density at radius 2 is 0.810 bits per heavy atom. The molecular weight excluding hydrogens is 525 g/mol. The van der Waals surface area contributed by atoms with E-state index in [1.54, 1.807) is 0 Å². The first kappa shape index (κ1) is 26.6. The van der Waals surface area contributed by atoms with E-state index in [9.17, 15) is 0 Å². The molecule has 0 fully saturated rings. The Morgan fingerprint density at radius 3 is 1.38 bits per heavy atom. The van der Waals surface area contributed by atoms with E-state index in [2.05, 4.69) is 171 Å². The number of hydrogen-bond acceptors (Lipinski definition) is 0. The minimum atomic E-state index is -2.29. The minimum Gasteiger partial charge on any atom is -0.265 e. The second-order valence-corrected chi connectivity index (χ2v) is 25.3. The Labute approximate surface area is 248 Å². The van der Waals surface area contributed by atoms with Crippen LogP contribution in [0.1, 0.15) is 0 Å². The number of rotatable bonds is 4. The molecule has 0 heterocycles. The van der Waals surface area contributed by atoms with Crippen LogP contribution in [0.25, 0.3) is 65.7 Å². The summed E-state index contributed by atoms with van der Waals surface area (Å²) in [5, 5.41) is 7.68. The van der Waals surface area contributed by atoms with Crippen LogP contribution in [0.15, 0.2) is 144 Å². The minimum absolute atomic E-state index is 1.25. The second kappa shape index (κ2) is 8.84. The first-order valence-corrected chi connectivity index (χ1v) is 19.1. The van der Waals surface area contributed by atoms with E-state index in [0.29, 0.717) is 0 Å². The molecule has 0 aliphatic carbocycles. The lowest BCUT2D eigenvalue weighted by molar-refractivity contribution is 1.37. The van der Waals surface area contributed by atoms with Crippen LogP contribution in [0.2, 0.25) is 0 Å². The van der Waals surface area contributed by atoms with Crippen molar-refractivity contribution in [3.8, 4) is 33.4 Å². The van der Waals surface area contributed by atoms with E-state index in [1.165, 1.54) is 70.6 Å². The van der Waals surface area contributed by atoms with Crippen molar-refractivity contribution in [2.45, 2.75) is 4.90 Å². The zero-order chi connectivity index (χ0) is 29.2. The van der Waals surface area contributed by atoms with Crippen molar-refractivity contribution in [1.82, 2.24) is 0 Å². The third-order valence-electron chi connectivity index (χ3n) is 8.49. The monoisotopic (exact) mass is 562 g/mol. The van der Waals surface area contributed by atoms with Crippen LogP contribution in [0.3, 0.4) is 0 Å². The van der Waals surface area contributed by atoms with Gasteiger partial charge in [0.1, 0.15) is 0 Å². The van der Waals surface area contributed by atoms with Gasteiger partial charge in [0.2, 0.25) is 0 Å². The summed E-state index contributed by atoms with van der Waals surface area (Å²) in [7, 11) is -2.29. The van der Waals surface area contributed by atoms with Gasteiger partial charge in [0.15, 0.2) is 0 Å². The molecule has 0 unspecified atom stereocenters. The van der Waals surface area contributed by atoms with Crippen molar-refractivity contribution >= 4 is 40.6 Å². The van der Waals surface area contributed by atoms with Gasteiger partial charge in [-0.15, -0.1) is 0 Å². The SMILES string of the molecule is CS(C)(C)(C)(C)c1cccc(-c2ccc(-c3c4ccccc4c(-c4ccc5ccccc5c4)c4ccccc34)cc2)c1. The van der Waals surface area contributed by atoms with E-state index in [1.807, 2.05) is 0 Å². The topological polar surface area (TPSA) is 0 Å². The molecule has 0 spiro atoms. The molecule has 0 radical (unpaired) electrons. The first-order chi connectivity index (χ1) is 20.0. The lowest BCUT2D eigenvalue weighted by atomic mass is 9.85. The summed E-state index contributed by atoms with van der Waals surface area (Å²) < 4.78 is 0. The fraction of sp³-hybridized carbons (Fsp3) is 0.122. The first-order valence-electron chi connectivity index (χ1n) is 14.6. The summed E-state index contributed by atoms with van der Waals surface area (Å²) in [6.07, 6.45) is 12.2. The normalized spacial score (nSPS) is 13.7. The van der Waals surface area contributed by atoms with E-state index >= 15 is 0 Å². The van der Waals surface area contributed by atoms with Gasteiger partial charge in [-0.2, -0.15) is 0 Å². The largest absolute Gasteiger partial charge is 0.265 e. The summed E-state index contributed by atoms with van der Waals surface area (Å²) in [6.45, 7) is 0. The van der Waals surface area contributed by atoms with Crippen molar-refractivity contribution < 1.29 is 0 Å². The molecule has 7 aromatic rings. The maximum absolute atomic E-state index is 2.43. The van der Waals surface area contributed by atoms with Crippen LogP contribution in [0.5, 0.6) is 0 Å². The predicted molar refractivity (Wildman–Crippen MR) is 191 cm³/mol. The summed E-state index contributed by atoms with van der Waals surface area (Å²) in [4.78, 5) is 1.44. The number of hydrogen-bond donors (Lipinski definition) is 0. The highest BCUT2D eigenvalue weighted by Gasteiger charge is 2.38. The summed E-state index contributed by atoms with van der Waals surface area (Å²) in [5.74, 6) is 0. The Kier molecular flexibility index (Phi) is 5.59. The Hall–Kier alpha value is -4.33. The third-order valence-corrected chi connectivity index (χ3v) is 11.1. The van der Waals surface area contributed by atoms with Crippen LogP contribution < -0.4 is 0 Å². The van der Waals surface area contributed by atoms with Gasteiger partial charge in [-0.05, 0) is 114 Å². The molecule has 0 aliphatic rings. The van der Waals surface area contributed by atoms with E-state index < -0.39 is 8.29 Å². The standard InChI is InChI=1S/C41H38S/c1-42(2,3,4,5)35-16-12-15-33(28-35)30-21-24-31(25-22-30)40-36-17-8-10-19-38(36)41(39-20-11-9-18-37(39)40)34-26-23-29-13-6-7-14-32(29)27-34/h6-28H,1-5H3. The molecule has 0 nitrogen and oxygen atoms in total. The lowest BCUT2D eigenvalue weighted by Gasteiger charge is -2.66. The summed E-state index contributed by atoms with van der Waals surface area (Å²) in [6, 6.07) is 51.7. The molecule has 1 heteroatoms. The van der Waals surface area contributed by atoms with Crippen LogP contribution in [-0.2, 0) is 0 Å². The van der Waals surface area contributed by atoms with Gasteiger partial charge in [0.05, 0.1) is 0 Å².